The molecule has 7 aromatic heterocycles. The van der Waals surface area contributed by atoms with E-state index in [0.717, 1.165) is 128 Å². The summed E-state index contributed by atoms with van der Waals surface area (Å²) in [6, 6.07) is 68.9. The zero-order valence-electron chi connectivity index (χ0n) is 38.7. The minimum absolute atomic E-state index is 0.767. The molecule has 13 aromatic rings. The maximum Gasteiger partial charge on any atom is 0.138 e. The SMILES string of the molecule is c1ccc(-c2ccc3c(c2)c2cc4c(cc2n3-c2cc(-c3cccnc3)cc(-c3cccnc3)n2)N(c2cc(-c3cccnc3)cc(-c3cccnc3)n2)c2cccc3c(-c5ccccc5)ccc-4c23)cc1. The predicted octanol–water partition coefficient (Wildman–Crippen LogP) is 15.8. The first-order chi connectivity index (χ1) is 35.7. The summed E-state index contributed by atoms with van der Waals surface area (Å²) in [6.45, 7) is 0. The molecule has 8 heterocycles. The van der Waals surface area contributed by atoms with Crippen molar-refractivity contribution in [3.05, 3.63) is 244 Å². The first-order valence-electron chi connectivity index (χ1n) is 24.0. The zero-order valence-corrected chi connectivity index (χ0v) is 38.7. The Labute approximate surface area is 414 Å². The fourth-order valence-electron chi connectivity index (χ4n) is 10.5. The summed E-state index contributed by atoms with van der Waals surface area (Å²) in [5.74, 6) is 1.54. The van der Waals surface area contributed by atoms with E-state index in [4.69, 9.17) is 9.97 Å². The molecule has 0 spiro atoms. The lowest BCUT2D eigenvalue weighted by Crippen LogP contribution is -2.17. The van der Waals surface area contributed by atoms with Gasteiger partial charge in [-0.1, -0.05) is 103 Å². The average Bonchev–Trinajstić information content (AvgIpc) is 3.78. The molecule has 8 heteroatoms. The molecule has 0 unspecified atom stereocenters. The number of nitrogens with zero attached hydrogens (tertiary/aromatic N) is 8. The topological polar surface area (TPSA) is 85.5 Å². The number of anilines is 3. The van der Waals surface area contributed by atoms with Crippen LogP contribution in [0.4, 0.5) is 17.2 Å². The van der Waals surface area contributed by atoms with Gasteiger partial charge in [0.05, 0.1) is 33.8 Å². The molecule has 1 aliphatic heterocycles. The molecule has 0 atom stereocenters. The number of pyridine rings is 6. The van der Waals surface area contributed by atoms with Crippen LogP contribution in [-0.2, 0) is 0 Å². The van der Waals surface area contributed by atoms with Crippen molar-refractivity contribution >= 4 is 49.8 Å². The van der Waals surface area contributed by atoms with Gasteiger partial charge in [-0.3, -0.25) is 29.4 Å². The van der Waals surface area contributed by atoms with E-state index in [1.807, 2.05) is 61.4 Å². The summed E-state index contributed by atoms with van der Waals surface area (Å²) in [6.07, 6.45) is 14.8. The van der Waals surface area contributed by atoms with Crippen molar-refractivity contribution in [3.8, 4) is 84.0 Å². The highest BCUT2D eigenvalue weighted by molar-refractivity contribution is 6.21. The van der Waals surface area contributed by atoms with Crippen molar-refractivity contribution in [2.24, 2.45) is 0 Å². The third-order valence-electron chi connectivity index (χ3n) is 13.9. The standard InChI is InChI=1S/C64H40N8/c1-3-12-41(13-4-1)43-22-25-58-53(30-43)55-35-54-52-24-23-50(42-14-5-2-6-15-42)51-20-7-21-59(64(51)52)72(63-34-49(45-17-9-27-66-38-45)32-57(70-63)47-19-11-29-68-40-47)60(54)36-61(55)71(58)62-33-48(44-16-8-26-65-37-44)31-56(69-62)46-18-10-28-67-39-46/h1-40H. The third-order valence-corrected chi connectivity index (χ3v) is 13.9. The lowest BCUT2D eigenvalue weighted by atomic mass is 9.86. The molecule has 0 saturated heterocycles. The number of rotatable bonds is 8. The second-order valence-electron chi connectivity index (χ2n) is 18.0. The highest BCUT2D eigenvalue weighted by Crippen LogP contribution is 2.54. The second-order valence-corrected chi connectivity index (χ2v) is 18.0. The van der Waals surface area contributed by atoms with Crippen LogP contribution >= 0.6 is 0 Å². The van der Waals surface area contributed by atoms with Crippen LogP contribution < -0.4 is 4.90 Å². The van der Waals surface area contributed by atoms with Crippen molar-refractivity contribution < 1.29 is 0 Å². The van der Waals surface area contributed by atoms with Crippen LogP contribution in [0, 0.1) is 0 Å². The van der Waals surface area contributed by atoms with Gasteiger partial charge in [-0.15, -0.1) is 0 Å². The molecule has 0 fully saturated rings. The van der Waals surface area contributed by atoms with Gasteiger partial charge in [0.1, 0.15) is 11.6 Å². The van der Waals surface area contributed by atoms with Crippen LogP contribution in [0.1, 0.15) is 0 Å². The highest BCUT2D eigenvalue weighted by atomic mass is 15.2. The van der Waals surface area contributed by atoms with Crippen molar-refractivity contribution in [3.63, 3.8) is 0 Å². The minimum atomic E-state index is 0.767. The Kier molecular flexibility index (Phi) is 9.67. The fourth-order valence-corrected chi connectivity index (χ4v) is 10.5. The highest BCUT2D eigenvalue weighted by Gasteiger charge is 2.31. The lowest BCUT2D eigenvalue weighted by molar-refractivity contribution is 1.08. The third kappa shape index (κ3) is 6.92. The number of hydrogen-bond donors (Lipinski definition) is 0. The normalized spacial score (nSPS) is 11.9. The number of fused-ring (bicyclic) bond motifs is 5. The van der Waals surface area contributed by atoms with Gasteiger partial charge in [-0.05, 0) is 135 Å². The molecule has 6 aromatic carbocycles. The molecule has 0 aliphatic carbocycles. The Morgan fingerprint density at radius 2 is 0.847 bits per heavy atom. The van der Waals surface area contributed by atoms with E-state index in [9.17, 15) is 0 Å². The average molecular weight is 921 g/mol. The van der Waals surface area contributed by atoms with E-state index in [0.29, 0.717) is 0 Å². The molecule has 72 heavy (non-hydrogen) atoms. The smallest absolute Gasteiger partial charge is 0.138 e. The van der Waals surface area contributed by atoms with E-state index < -0.39 is 0 Å². The molecule has 0 N–H and O–H groups in total. The Bertz CT molecular complexity index is 4070. The molecule has 8 nitrogen and oxygen atoms in total. The summed E-state index contributed by atoms with van der Waals surface area (Å²) in [5, 5.41) is 4.54. The molecular weight excluding hydrogens is 881 g/mol. The predicted molar refractivity (Wildman–Crippen MR) is 291 cm³/mol. The van der Waals surface area contributed by atoms with Crippen LogP contribution in [0.15, 0.2) is 244 Å². The van der Waals surface area contributed by atoms with Gasteiger partial charge in [0.2, 0.25) is 0 Å². The Morgan fingerprint density at radius 3 is 1.47 bits per heavy atom. The van der Waals surface area contributed by atoms with Crippen molar-refractivity contribution in [1.29, 1.82) is 0 Å². The summed E-state index contributed by atoms with van der Waals surface area (Å²) in [5.41, 5.74) is 18.3. The molecular formula is C64H40N8. The quantitative estimate of drug-likeness (QED) is 0.150. The molecule has 0 amide bonds. The van der Waals surface area contributed by atoms with Gasteiger partial charge in [0, 0.05) is 93.6 Å². The molecule has 336 valence electrons. The maximum absolute atomic E-state index is 5.57. The minimum Gasteiger partial charge on any atom is -0.294 e. The van der Waals surface area contributed by atoms with Crippen LogP contribution in [0.2, 0.25) is 0 Å². The van der Waals surface area contributed by atoms with Gasteiger partial charge >= 0.3 is 0 Å². The van der Waals surface area contributed by atoms with Crippen molar-refractivity contribution in [2.75, 3.05) is 4.90 Å². The second kappa shape index (κ2) is 16.9. The summed E-state index contributed by atoms with van der Waals surface area (Å²) < 4.78 is 2.33. The Morgan fingerprint density at radius 1 is 0.292 bits per heavy atom. The van der Waals surface area contributed by atoms with Crippen LogP contribution in [0.5, 0.6) is 0 Å². The van der Waals surface area contributed by atoms with Gasteiger partial charge in [0.15, 0.2) is 0 Å². The summed E-state index contributed by atoms with van der Waals surface area (Å²) in [7, 11) is 0. The summed E-state index contributed by atoms with van der Waals surface area (Å²) >= 11 is 0. The Balaban J connectivity index is 1.11. The van der Waals surface area contributed by atoms with E-state index in [1.165, 1.54) is 5.56 Å². The molecule has 0 radical (unpaired) electrons. The lowest BCUT2D eigenvalue weighted by Gasteiger charge is -2.34. The Hall–Kier alpha value is -9.92. The maximum atomic E-state index is 5.57. The van der Waals surface area contributed by atoms with E-state index >= 15 is 0 Å². The summed E-state index contributed by atoms with van der Waals surface area (Å²) in [4.78, 5) is 31.5. The van der Waals surface area contributed by atoms with Gasteiger partial charge in [0.25, 0.3) is 0 Å². The zero-order chi connectivity index (χ0) is 47.5. The molecule has 1 aliphatic rings. The fraction of sp³-hybridized carbons (Fsp3) is 0. The first-order valence-corrected chi connectivity index (χ1v) is 24.0. The molecule has 0 bridgehead atoms. The molecule has 14 rings (SSSR count). The van der Waals surface area contributed by atoms with E-state index in [-0.39, 0.29) is 0 Å². The van der Waals surface area contributed by atoms with E-state index in [1.54, 1.807) is 12.4 Å². The number of benzene rings is 6. The monoisotopic (exact) mass is 920 g/mol. The van der Waals surface area contributed by atoms with Crippen LogP contribution in [-0.4, -0.2) is 34.5 Å². The van der Waals surface area contributed by atoms with Crippen molar-refractivity contribution in [2.45, 2.75) is 0 Å². The number of hydrogen-bond acceptors (Lipinski definition) is 7. The van der Waals surface area contributed by atoms with Gasteiger partial charge in [-0.2, -0.15) is 0 Å². The van der Waals surface area contributed by atoms with Gasteiger partial charge < -0.3 is 0 Å². The largest absolute Gasteiger partial charge is 0.294 e. The van der Waals surface area contributed by atoms with Crippen LogP contribution in [0.25, 0.3) is 117 Å². The van der Waals surface area contributed by atoms with Crippen LogP contribution in [0.3, 0.4) is 0 Å². The van der Waals surface area contributed by atoms with E-state index in [2.05, 4.69) is 199 Å². The van der Waals surface area contributed by atoms with Gasteiger partial charge in [-0.25, -0.2) is 9.97 Å². The first kappa shape index (κ1) is 41.1. The number of aromatic nitrogens is 7. The molecule has 0 saturated carbocycles. The van der Waals surface area contributed by atoms with Crippen molar-refractivity contribution in [1.82, 2.24) is 34.5 Å².